The minimum Gasteiger partial charge on any atom is -0.493 e. The highest BCUT2D eigenvalue weighted by Gasteiger charge is 2.27. The van der Waals surface area contributed by atoms with E-state index in [0.29, 0.717) is 28.6 Å². The second-order valence-corrected chi connectivity index (χ2v) is 5.16. The van der Waals surface area contributed by atoms with E-state index in [1.807, 2.05) is 6.07 Å². The average molecular weight is 337 g/mol. The largest absolute Gasteiger partial charge is 0.493 e. The molecule has 0 unspecified atom stereocenters. The van der Waals surface area contributed by atoms with E-state index < -0.39 is 0 Å². The number of nitrogens with zero attached hydrogens (tertiary/aromatic N) is 1. The molecule has 1 heterocycles. The van der Waals surface area contributed by atoms with E-state index in [1.54, 1.807) is 56.7 Å². The lowest BCUT2D eigenvalue weighted by Gasteiger charge is -2.08. The molecule has 0 spiro atoms. The fourth-order valence-corrected chi connectivity index (χ4v) is 2.47. The number of nitriles is 1. The molecule has 6 heteroatoms. The summed E-state index contributed by atoms with van der Waals surface area (Å²) in [6.45, 7) is -0.0684. The van der Waals surface area contributed by atoms with Crippen LogP contribution in [-0.2, 0) is 0 Å². The molecular formula is C19H15NO5. The summed E-state index contributed by atoms with van der Waals surface area (Å²) in [6.07, 6.45) is 1.64. The van der Waals surface area contributed by atoms with Crippen LogP contribution < -0.4 is 18.9 Å². The molecule has 0 saturated heterocycles. The van der Waals surface area contributed by atoms with Crippen LogP contribution in [0.4, 0.5) is 0 Å². The number of ketones is 1. The predicted molar refractivity (Wildman–Crippen MR) is 90.0 cm³/mol. The zero-order valence-electron chi connectivity index (χ0n) is 13.7. The van der Waals surface area contributed by atoms with Crippen molar-refractivity contribution in [1.29, 1.82) is 5.26 Å². The lowest BCUT2D eigenvalue weighted by Crippen LogP contribution is -1.98. The van der Waals surface area contributed by atoms with Crippen molar-refractivity contribution >= 4 is 11.9 Å². The van der Waals surface area contributed by atoms with Gasteiger partial charge in [-0.15, -0.1) is 0 Å². The van der Waals surface area contributed by atoms with E-state index in [9.17, 15) is 4.79 Å². The van der Waals surface area contributed by atoms with E-state index in [2.05, 4.69) is 0 Å². The number of Topliss-reactive ketones (excluding diaryl/α,β-unsaturated/α-hetero) is 1. The minimum atomic E-state index is -0.211. The normalized spacial score (nSPS) is 13.8. The fourth-order valence-electron chi connectivity index (χ4n) is 2.47. The first-order valence-electron chi connectivity index (χ1n) is 7.46. The first kappa shape index (κ1) is 16.4. The van der Waals surface area contributed by atoms with Crippen molar-refractivity contribution in [3.63, 3.8) is 0 Å². The molecule has 0 aromatic heterocycles. The monoisotopic (exact) mass is 337 g/mol. The number of fused-ring (bicyclic) bond motifs is 1. The zero-order valence-corrected chi connectivity index (χ0v) is 13.7. The Balaban J connectivity index is 1.88. The third-order valence-corrected chi connectivity index (χ3v) is 3.65. The molecule has 0 fully saturated rings. The van der Waals surface area contributed by atoms with Gasteiger partial charge in [-0.3, -0.25) is 4.79 Å². The Morgan fingerprint density at radius 2 is 1.92 bits per heavy atom. The number of rotatable bonds is 5. The first-order valence-corrected chi connectivity index (χ1v) is 7.46. The molecular weight excluding hydrogens is 322 g/mol. The number of benzene rings is 2. The molecule has 2 aromatic rings. The summed E-state index contributed by atoms with van der Waals surface area (Å²) >= 11 is 0. The highest BCUT2D eigenvalue weighted by Crippen LogP contribution is 2.35. The van der Waals surface area contributed by atoms with Crippen molar-refractivity contribution in [1.82, 2.24) is 0 Å². The summed E-state index contributed by atoms with van der Waals surface area (Å²) in [5, 5.41) is 8.56. The van der Waals surface area contributed by atoms with Crippen LogP contribution in [0.5, 0.6) is 23.0 Å². The average Bonchev–Trinajstić information content (AvgIpc) is 2.95. The molecule has 25 heavy (non-hydrogen) atoms. The molecule has 1 aliphatic heterocycles. The van der Waals surface area contributed by atoms with Gasteiger partial charge in [0.25, 0.3) is 0 Å². The van der Waals surface area contributed by atoms with Crippen molar-refractivity contribution in [3.05, 3.63) is 53.3 Å². The molecule has 6 nitrogen and oxygen atoms in total. The maximum absolute atomic E-state index is 12.5. The summed E-state index contributed by atoms with van der Waals surface area (Å²) in [6, 6.07) is 12.1. The third-order valence-electron chi connectivity index (χ3n) is 3.65. The first-order chi connectivity index (χ1) is 12.2. The highest BCUT2D eigenvalue weighted by molar-refractivity contribution is 6.14. The minimum absolute atomic E-state index is 0.0684. The maximum atomic E-state index is 12.5. The van der Waals surface area contributed by atoms with Crippen molar-refractivity contribution in [3.8, 4) is 29.1 Å². The molecule has 1 aliphatic rings. The van der Waals surface area contributed by atoms with Gasteiger partial charge in [0, 0.05) is 6.07 Å². The molecule has 0 bridgehead atoms. The molecule has 0 amide bonds. The molecule has 0 saturated carbocycles. The molecule has 0 atom stereocenters. The fraction of sp³-hybridized carbons (Fsp3) is 0.158. The molecule has 126 valence electrons. The van der Waals surface area contributed by atoms with Crippen LogP contribution in [0.1, 0.15) is 15.9 Å². The molecule has 0 radical (unpaired) electrons. The Hall–Kier alpha value is -3.46. The Bertz CT molecular complexity index is 895. The van der Waals surface area contributed by atoms with Crippen molar-refractivity contribution in [2.24, 2.45) is 0 Å². The number of hydrogen-bond acceptors (Lipinski definition) is 6. The Morgan fingerprint density at radius 1 is 1.12 bits per heavy atom. The standard InChI is InChI=1S/C19H15NO5/c1-22-15-6-3-12(9-17(15)23-2)10-18-19(21)14-5-4-13(24-8-7-20)11-16(14)25-18/h3-6,9-11H,8H2,1-2H3/b18-10-. The number of allylic oxidation sites excluding steroid dienone is 1. The van der Waals surface area contributed by atoms with Crippen LogP contribution in [0, 0.1) is 11.3 Å². The Labute approximate surface area is 144 Å². The number of hydrogen-bond donors (Lipinski definition) is 0. The van der Waals surface area contributed by atoms with Crippen LogP contribution in [0.15, 0.2) is 42.2 Å². The predicted octanol–water partition coefficient (Wildman–Crippen LogP) is 3.22. The van der Waals surface area contributed by atoms with E-state index >= 15 is 0 Å². The maximum Gasteiger partial charge on any atom is 0.231 e. The van der Waals surface area contributed by atoms with Crippen LogP contribution in [-0.4, -0.2) is 26.6 Å². The van der Waals surface area contributed by atoms with Crippen LogP contribution in [0.25, 0.3) is 6.08 Å². The number of carbonyl (C=O) groups is 1. The smallest absolute Gasteiger partial charge is 0.231 e. The summed E-state index contributed by atoms with van der Waals surface area (Å²) in [5.41, 5.74) is 1.20. The van der Waals surface area contributed by atoms with E-state index in [-0.39, 0.29) is 18.1 Å². The van der Waals surface area contributed by atoms with Gasteiger partial charge >= 0.3 is 0 Å². The van der Waals surface area contributed by atoms with Crippen LogP contribution >= 0.6 is 0 Å². The number of ether oxygens (including phenoxy) is 4. The van der Waals surface area contributed by atoms with Gasteiger partial charge in [-0.2, -0.15) is 5.26 Å². The van der Waals surface area contributed by atoms with Crippen molar-refractivity contribution in [2.45, 2.75) is 0 Å². The summed E-state index contributed by atoms with van der Waals surface area (Å²) in [5.74, 6) is 2.04. The van der Waals surface area contributed by atoms with E-state index in [0.717, 1.165) is 5.56 Å². The van der Waals surface area contributed by atoms with Crippen molar-refractivity contribution < 1.29 is 23.7 Å². The van der Waals surface area contributed by atoms with Crippen molar-refractivity contribution in [2.75, 3.05) is 20.8 Å². The SMILES string of the molecule is COc1ccc(/C=C2\Oc3cc(OCC#N)ccc3C2=O)cc1OC. The Morgan fingerprint density at radius 3 is 2.64 bits per heavy atom. The molecule has 0 N–H and O–H groups in total. The number of carbonyl (C=O) groups excluding carboxylic acids is 1. The topological polar surface area (TPSA) is 77.8 Å². The lowest BCUT2D eigenvalue weighted by atomic mass is 10.1. The highest BCUT2D eigenvalue weighted by atomic mass is 16.5. The van der Waals surface area contributed by atoms with Gasteiger partial charge in [-0.25, -0.2) is 0 Å². The van der Waals surface area contributed by atoms with Gasteiger partial charge in [0.1, 0.15) is 17.6 Å². The summed E-state index contributed by atoms with van der Waals surface area (Å²) < 4.78 is 21.3. The Kier molecular flexibility index (Phi) is 4.57. The second kappa shape index (κ2) is 6.97. The quantitative estimate of drug-likeness (QED) is 0.780. The second-order valence-electron chi connectivity index (χ2n) is 5.16. The number of methoxy groups -OCH3 is 2. The van der Waals surface area contributed by atoms with Gasteiger partial charge in [-0.05, 0) is 35.9 Å². The van der Waals surface area contributed by atoms with Gasteiger partial charge in [0.2, 0.25) is 5.78 Å². The third kappa shape index (κ3) is 3.26. The van der Waals surface area contributed by atoms with E-state index in [4.69, 9.17) is 24.2 Å². The van der Waals surface area contributed by atoms with Crippen LogP contribution in [0.2, 0.25) is 0 Å². The summed E-state index contributed by atoms with van der Waals surface area (Å²) in [7, 11) is 3.10. The van der Waals surface area contributed by atoms with Gasteiger partial charge in [0.15, 0.2) is 23.9 Å². The molecule has 3 rings (SSSR count). The van der Waals surface area contributed by atoms with Gasteiger partial charge < -0.3 is 18.9 Å². The molecule has 0 aliphatic carbocycles. The van der Waals surface area contributed by atoms with E-state index in [1.165, 1.54) is 0 Å². The van der Waals surface area contributed by atoms with Gasteiger partial charge in [0.05, 0.1) is 19.8 Å². The van der Waals surface area contributed by atoms with Gasteiger partial charge in [-0.1, -0.05) is 6.07 Å². The zero-order chi connectivity index (χ0) is 17.8. The van der Waals surface area contributed by atoms with Crippen LogP contribution in [0.3, 0.4) is 0 Å². The lowest BCUT2D eigenvalue weighted by molar-refractivity contribution is 0.101. The molecule has 2 aromatic carbocycles. The summed E-state index contributed by atoms with van der Waals surface area (Å²) in [4.78, 5) is 12.5.